The fraction of sp³-hybridized carbons (Fsp3) is 0.625. The van der Waals surface area contributed by atoms with Crippen LogP contribution in [0.15, 0.2) is 16.6 Å². The van der Waals surface area contributed by atoms with Gasteiger partial charge in [-0.2, -0.15) is 0 Å². The summed E-state index contributed by atoms with van der Waals surface area (Å²) in [5, 5.41) is 3.50. The van der Waals surface area contributed by atoms with Crippen molar-refractivity contribution in [3.8, 4) is 0 Å². The van der Waals surface area contributed by atoms with E-state index in [4.69, 9.17) is 0 Å². The molecule has 0 saturated carbocycles. The number of hydrogen-bond donors (Lipinski definition) is 1. The summed E-state index contributed by atoms with van der Waals surface area (Å²) in [6.07, 6.45) is 5.14. The van der Waals surface area contributed by atoms with Crippen molar-refractivity contribution in [2.45, 2.75) is 57.2 Å². The minimum absolute atomic E-state index is 0.169. The van der Waals surface area contributed by atoms with E-state index in [2.05, 4.69) is 28.2 Å². The number of benzene rings is 1. The van der Waals surface area contributed by atoms with Crippen molar-refractivity contribution in [1.29, 1.82) is 0 Å². The first-order valence-corrected chi connectivity index (χ1v) is 8.55. The molecule has 2 heterocycles. The van der Waals surface area contributed by atoms with Gasteiger partial charge >= 0.3 is 0 Å². The topological polar surface area (TPSA) is 15.3 Å². The van der Waals surface area contributed by atoms with Crippen LogP contribution in [0.3, 0.4) is 0 Å². The van der Waals surface area contributed by atoms with Gasteiger partial charge in [0.15, 0.2) is 11.6 Å². The lowest BCUT2D eigenvalue weighted by Crippen LogP contribution is -2.57. The van der Waals surface area contributed by atoms with Gasteiger partial charge in [0.25, 0.3) is 0 Å². The molecule has 0 radical (unpaired) electrons. The van der Waals surface area contributed by atoms with Crippen molar-refractivity contribution in [3.05, 3.63) is 28.2 Å². The van der Waals surface area contributed by atoms with Crippen LogP contribution in [0.4, 0.5) is 14.5 Å². The SMILES string of the molecule is CCNC1CC2CCCC(C1)N2c1c(F)cc(Br)cc1F. The fourth-order valence-electron chi connectivity index (χ4n) is 3.98. The molecule has 1 N–H and O–H groups in total. The van der Waals surface area contributed by atoms with Crippen LogP contribution in [0, 0.1) is 11.6 Å². The van der Waals surface area contributed by atoms with Crippen LogP contribution >= 0.6 is 15.9 Å². The van der Waals surface area contributed by atoms with E-state index in [9.17, 15) is 8.78 Å². The Hall–Kier alpha value is -0.680. The van der Waals surface area contributed by atoms with Crippen molar-refractivity contribution >= 4 is 21.6 Å². The number of nitrogens with one attached hydrogen (secondary N) is 1. The molecule has 5 heteroatoms. The Balaban J connectivity index is 1.92. The van der Waals surface area contributed by atoms with Crippen molar-refractivity contribution < 1.29 is 8.78 Å². The molecule has 0 aromatic heterocycles. The first-order chi connectivity index (χ1) is 10.1. The predicted molar refractivity (Wildman–Crippen MR) is 84.7 cm³/mol. The zero-order chi connectivity index (χ0) is 15.0. The lowest BCUT2D eigenvalue weighted by Gasteiger charge is -2.50. The molecule has 2 nitrogen and oxygen atoms in total. The van der Waals surface area contributed by atoms with Crippen LogP contribution in [0.5, 0.6) is 0 Å². The average molecular weight is 359 g/mol. The highest BCUT2D eigenvalue weighted by atomic mass is 79.9. The fourth-order valence-corrected chi connectivity index (χ4v) is 4.39. The van der Waals surface area contributed by atoms with E-state index in [-0.39, 0.29) is 17.8 Å². The Morgan fingerprint density at radius 1 is 1.19 bits per heavy atom. The second-order valence-electron chi connectivity index (χ2n) is 6.09. The van der Waals surface area contributed by atoms with E-state index < -0.39 is 11.6 Å². The van der Waals surface area contributed by atoms with Crippen LogP contribution < -0.4 is 10.2 Å². The second-order valence-corrected chi connectivity index (χ2v) is 7.01. The molecule has 0 spiro atoms. The smallest absolute Gasteiger partial charge is 0.150 e. The third kappa shape index (κ3) is 2.95. The molecule has 3 rings (SSSR count). The minimum Gasteiger partial charge on any atom is -0.361 e. The third-order valence-electron chi connectivity index (χ3n) is 4.71. The average Bonchev–Trinajstić information content (AvgIpc) is 2.38. The summed E-state index contributed by atoms with van der Waals surface area (Å²) in [6, 6.07) is 3.69. The zero-order valence-corrected chi connectivity index (χ0v) is 13.8. The Morgan fingerprint density at radius 2 is 1.76 bits per heavy atom. The zero-order valence-electron chi connectivity index (χ0n) is 12.2. The van der Waals surface area contributed by atoms with Gasteiger partial charge in [0.2, 0.25) is 0 Å². The number of piperidine rings is 2. The third-order valence-corrected chi connectivity index (χ3v) is 5.17. The van der Waals surface area contributed by atoms with Crippen LogP contribution in [-0.4, -0.2) is 24.7 Å². The predicted octanol–water partition coefficient (Wildman–Crippen LogP) is 4.23. The maximum Gasteiger partial charge on any atom is 0.150 e. The standard InChI is InChI=1S/C16H21BrF2N2/c1-2-20-11-8-12-4-3-5-13(9-11)21(12)16-14(18)6-10(17)7-15(16)19/h6-7,11-13,20H,2-5,8-9H2,1H3. The van der Waals surface area contributed by atoms with Crippen molar-refractivity contribution in [1.82, 2.24) is 5.32 Å². The number of rotatable bonds is 3. The van der Waals surface area contributed by atoms with Crippen LogP contribution in [0.2, 0.25) is 0 Å². The first kappa shape index (κ1) is 15.2. The van der Waals surface area contributed by atoms with E-state index in [0.717, 1.165) is 38.6 Å². The van der Waals surface area contributed by atoms with Gasteiger partial charge in [-0.25, -0.2) is 8.78 Å². The molecule has 2 bridgehead atoms. The second kappa shape index (κ2) is 6.21. The summed E-state index contributed by atoms with van der Waals surface area (Å²) < 4.78 is 29.1. The normalized spacial score (nSPS) is 28.8. The molecule has 1 aromatic rings. The first-order valence-electron chi connectivity index (χ1n) is 7.76. The summed E-state index contributed by atoms with van der Waals surface area (Å²) in [7, 11) is 0. The largest absolute Gasteiger partial charge is 0.361 e. The van der Waals surface area contributed by atoms with Crippen LogP contribution in [0.25, 0.3) is 0 Å². The molecule has 1 aromatic carbocycles. The summed E-state index contributed by atoms with van der Waals surface area (Å²) >= 11 is 3.15. The summed E-state index contributed by atoms with van der Waals surface area (Å²) in [4.78, 5) is 2.02. The summed E-state index contributed by atoms with van der Waals surface area (Å²) in [6.45, 7) is 3.06. The Morgan fingerprint density at radius 3 is 2.29 bits per heavy atom. The van der Waals surface area contributed by atoms with Gasteiger partial charge in [0, 0.05) is 22.6 Å². The number of nitrogens with zero attached hydrogens (tertiary/aromatic N) is 1. The van der Waals surface area contributed by atoms with E-state index in [1.54, 1.807) is 0 Å². The van der Waals surface area contributed by atoms with Gasteiger partial charge in [0.05, 0.1) is 0 Å². The molecule has 21 heavy (non-hydrogen) atoms. The Kier molecular flexibility index (Phi) is 4.50. The molecule has 2 aliphatic heterocycles. The molecule has 0 amide bonds. The Bertz CT molecular complexity index is 486. The van der Waals surface area contributed by atoms with Crippen molar-refractivity contribution in [3.63, 3.8) is 0 Å². The summed E-state index contributed by atoms with van der Waals surface area (Å²) in [5.74, 6) is -0.915. The number of anilines is 1. The number of fused-ring (bicyclic) bond motifs is 2. The van der Waals surface area contributed by atoms with Crippen LogP contribution in [-0.2, 0) is 0 Å². The molecule has 2 saturated heterocycles. The quantitative estimate of drug-likeness (QED) is 0.869. The van der Waals surface area contributed by atoms with Crippen molar-refractivity contribution in [2.75, 3.05) is 11.4 Å². The van der Waals surface area contributed by atoms with E-state index in [1.165, 1.54) is 12.1 Å². The molecule has 116 valence electrons. The van der Waals surface area contributed by atoms with Crippen molar-refractivity contribution in [2.24, 2.45) is 0 Å². The monoisotopic (exact) mass is 358 g/mol. The lowest BCUT2D eigenvalue weighted by atomic mass is 9.81. The van der Waals surface area contributed by atoms with Crippen LogP contribution in [0.1, 0.15) is 39.0 Å². The lowest BCUT2D eigenvalue weighted by molar-refractivity contribution is 0.244. The molecule has 2 atom stereocenters. The highest BCUT2D eigenvalue weighted by Crippen LogP contribution is 2.40. The maximum absolute atomic E-state index is 14.3. The van der Waals surface area contributed by atoms with E-state index >= 15 is 0 Å². The van der Waals surface area contributed by atoms with E-state index in [0.29, 0.717) is 10.5 Å². The minimum atomic E-state index is -0.458. The number of hydrogen-bond acceptors (Lipinski definition) is 2. The molecule has 2 aliphatic rings. The van der Waals surface area contributed by atoms with Gasteiger partial charge in [-0.1, -0.05) is 22.9 Å². The highest BCUT2D eigenvalue weighted by molar-refractivity contribution is 9.10. The Labute approximate surface area is 133 Å². The van der Waals surface area contributed by atoms with Gasteiger partial charge in [-0.3, -0.25) is 0 Å². The van der Waals surface area contributed by atoms with Gasteiger partial charge < -0.3 is 10.2 Å². The molecular formula is C16H21BrF2N2. The molecule has 2 unspecified atom stereocenters. The molecule has 0 aliphatic carbocycles. The maximum atomic E-state index is 14.3. The number of halogens is 3. The summed E-state index contributed by atoms with van der Waals surface area (Å²) in [5.41, 5.74) is 0.169. The van der Waals surface area contributed by atoms with Gasteiger partial charge in [-0.15, -0.1) is 0 Å². The molecule has 2 fully saturated rings. The van der Waals surface area contributed by atoms with E-state index in [1.807, 2.05) is 4.90 Å². The molecular weight excluding hydrogens is 338 g/mol. The van der Waals surface area contributed by atoms with Gasteiger partial charge in [0.1, 0.15) is 5.69 Å². The highest BCUT2D eigenvalue weighted by Gasteiger charge is 2.40. The van der Waals surface area contributed by atoms with Gasteiger partial charge in [-0.05, 0) is 50.8 Å².